The number of methoxy groups -OCH3 is 1. The molecule has 1 aliphatic rings. The second kappa shape index (κ2) is 5.75. The van der Waals surface area contributed by atoms with Gasteiger partial charge in [-0.25, -0.2) is 0 Å². The predicted octanol–water partition coefficient (Wildman–Crippen LogP) is 3.55. The molecule has 2 N–H and O–H groups in total. The lowest BCUT2D eigenvalue weighted by Crippen LogP contribution is -2.35. The van der Waals surface area contributed by atoms with Gasteiger partial charge in [-0.05, 0) is 25.8 Å². The largest absolute Gasteiger partial charge is 0.496 e. The number of aryl methyl sites for hydroxylation is 1. The third kappa shape index (κ3) is 2.54. The summed E-state index contributed by atoms with van der Waals surface area (Å²) >= 11 is 0. The summed E-state index contributed by atoms with van der Waals surface area (Å²) in [5.41, 5.74) is 8.91. The van der Waals surface area contributed by atoms with Crippen molar-refractivity contribution in [1.82, 2.24) is 0 Å². The molecule has 0 unspecified atom stereocenters. The highest BCUT2D eigenvalue weighted by Gasteiger charge is 2.33. The van der Waals surface area contributed by atoms with Crippen LogP contribution in [0.1, 0.15) is 49.7 Å². The molecule has 1 fully saturated rings. The Morgan fingerprint density at radius 3 is 2.39 bits per heavy atom. The Hall–Kier alpha value is -1.02. The van der Waals surface area contributed by atoms with E-state index in [2.05, 4.69) is 25.1 Å². The highest BCUT2D eigenvalue weighted by molar-refractivity contribution is 5.43. The van der Waals surface area contributed by atoms with Crippen LogP contribution in [0, 0.1) is 6.92 Å². The van der Waals surface area contributed by atoms with Crippen LogP contribution < -0.4 is 10.5 Å². The van der Waals surface area contributed by atoms with Crippen molar-refractivity contribution in [3.8, 4) is 5.75 Å². The number of hydrogen-bond donors (Lipinski definition) is 1. The van der Waals surface area contributed by atoms with Crippen LogP contribution in [0.2, 0.25) is 0 Å². The Bertz CT molecular complexity index is 392. The fourth-order valence-corrected chi connectivity index (χ4v) is 3.23. The lowest BCUT2D eigenvalue weighted by molar-refractivity contribution is 0.346. The molecule has 1 aromatic carbocycles. The minimum Gasteiger partial charge on any atom is -0.496 e. The monoisotopic (exact) mass is 247 g/mol. The van der Waals surface area contributed by atoms with Crippen molar-refractivity contribution >= 4 is 0 Å². The van der Waals surface area contributed by atoms with Gasteiger partial charge in [-0.1, -0.05) is 43.4 Å². The van der Waals surface area contributed by atoms with Gasteiger partial charge in [0, 0.05) is 17.5 Å². The van der Waals surface area contributed by atoms with Crippen LogP contribution in [0.25, 0.3) is 0 Å². The molecular weight excluding hydrogens is 222 g/mol. The van der Waals surface area contributed by atoms with Gasteiger partial charge in [0.25, 0.3) is 0 Å². The van der Waals surface area contributed by atoms with Gasteiger partial charge in [0.05, 0.1) is 7.11 Å². The molecule has 0 amide bonds. The average molecular weight is 247 g/mol. The molecule has 1 saturated carbocycles. The predicted molar refractivity (Wildman–Crippen MR) is 76.2 cm³/mol. The first-order chi connectivity index (χ1) is 8.72. The molecule has 0 radical (unpaired) electrons. The Kier molecular flexibility index (Phi) is 4.28. The van der Waals surface area contributed by atoms with Gasteiger partial charge in [0.15, 0.2) is 0 Å². The lowest BCUT2D eigenvalue weighted by Gasteiger charge is -2.33. The Labute approximate surface area is 111 Å². The Morgan fingerprint density at radius 1 is 1.17 bits per heavy atom. The maximum Gasteiger partial charge on any atom is 0.122 e. The van der Waals surface area contributed by atoms with Crippen molar-refractivity contribution in [3.63, 3.8) is 0 Å². The standard InChI is InChI=1S/C16H25NO/c1-13-7-8-15(18-2)14(11-13)16(12-17)9-5-3-4-6-10-16/h7-8,11H,3-6,9-10,12,17H2,1-2H3. The first-order valence-electron chi connectivity index (χ1n) is 7.07. The molecule has 0 spiro atoms. The molecule has 1 aromatic rings. The van der Waals surface area contributed by atoms with Gasteiger partial charge < -0.3 is 10.5 Å². The maximum atomic E-state index is 6.16. The van der Waals surface area contributed by atoms with E-state index in [9.17, 15) is 0 Å². The minimum atomic E-state index is 0.133. The maximum absolute atomic E-state index is 6.16. The molecule has 0 heterocycles. The van der Waals surface area contributed by atoms with E-state index in [-0.39, 0.29) is 5.41 Å². The van der Waals surface area contributed by atoms with Crippen molar-refractivity contribution in [2.24, 2.45) is 5.73 Å². The number of hydrogen-bond acceptors (Lipinski definition) is 2. The van der Waals surface area contributed by atoms with Crippen LogP contribution in [-0.4, -0.2) is 13.7 Å². The van der Waals surface area contributed by atoms with Crippen LogP contribution in [0.5, 0.6) is 5.75 Å². The van der Waals surface area contributed by atoms with Gasteiger partial charge >= 0.3 is 0 Å². The smallest absolute Gasteiger partial charge is 0.122 e. The number of nitrogens with two attached hydrogens (primary N) is 1. The molecule has 0 aliphatic heterocycles. The summed E-state index contributed by atoms with van der Waals surface area (Å²) in [5, 5.41) is 0. The molecule has 0 bridgehead atoms. The highest BCUT2D eigenvalue weighted by Crippen LogP contribution is 2.42. The quantitative estimate of drug-likeness (QED) is 0.829. The van der Waals surface area contributed by atoms with Gasteiger partial charge in [0.1, 0.15) is 5.75 Å². The molecule has 1 aliphatic carbocycles. The molecule has 0 atom stereocenters. The van der Waals surface area contributed by atoms with E-state index in [1.54, 1.807) is 7.11 Å². The fraction of sp³-hybridized carbons (Fsp3) is 0.625. The zero-order valence-corrected chi connectivity index (χ0v) is 11.7. The third-order valence-electron chi connectivity index (χ3n) is 4.38. The van der Waals surface area contributed by atoms with Crippen molar-refractivity contribution in [2.75, 3.05) is 13.7 Å². The van der Waals surface area contributed by atoms with E-state index >= 15 is 0 Å². The second-order valence-electron chi connectivity index (χ2n) is 5.60. The molecule has 0 aromatic heterocycles. The molecule has 2 heteroatoms. The van der Waals surface area contributed by atoms with Gasteiger partial charge in [-0.15, -0.1) is 0 Å². The molecule has 0 saturated heterocycles. The summed E-state index contributed by atoms with van der Waals surface area (Å²) in [5.74, 6) is 1.01. The zero-order chi connectivity index (χ0) is 13.0. The lowest BCUT2D eigenvalue weighted by atomic mass is 9.73. The van der Waals surface area contributed by atoms with E-state index in [4.69, 9.17) is 10.5 Å². The second-order valence-corrected chi connectivity index (χ2v) is 5.60. The van der Waals surface area contributed by atoms with Gasteiger partial charge in [-0.3, -0.25) is 0 Å². The normalized spacial score (nSPS) is 19.3. The SMILES string of the molecule is COc1ccc(C)cc1C1(CN)CCCCCC1. The minimum absolute atomic E-state index is 0.133. The van der Waals surface area contributed by atoms with Crippen LogP contribution in [0.3, 0.4) is 0 Å². The zero-order valence-electron chi connectivity index (χ0n) is 11.7. The van der Waals surface area contributed by atoms with Crippen molar-refractivity contribution in [3.05, 3.63) is 29.3 Å². The third-order valence-corrected chi connectivity index (χ3v) is 4.38. The van der Waals surface area contributed by atoms with Gasteiger partial charge in [0.2, 0.25) is 0 Å². The molecule has 18 heavy (non-hydrogen) atoms. The van der Waals surface area contributed by atoms with Crippen LogP contribution in [0.15, 0.2) is 18.2 Å². The Morgan fingerprint density at radius 2 is 1.83 bits per heavy atom. The molecule has 2 nitrogen and oxygen atoms in total. The first kappa shape index (κ1) is 13.4. The van der Waals surface area contributed by atoms with Crippen molar-refractivity contribution < 1.29 is 4.74 Å². The van der Waals surface area contributed by atoms with E-state index in [1.807, 2.05) is 0 Å². The summed E-state index contributed by atoms with van der Waals surface area (Å²) in [6, 6.07) is 6.48. The number of ether oxygens (including phenoxy) is 1. The van der Waals surface area contributed by atoms with Crippen LogP contribution in [0.4, 0.5) is 0 Å². The number of benzene rings is 1. The average Bonchev–Trinajstić information content (AvgIpc) is 2.65. The summed E-state index contributed by atoms with van der Waals surface area (Å²) in [4.78, 5) is 0. The molecule has 2 rings (SSSR count). The van der Waals surface area contributed by atoms with Crippen molar-refractivity contribution in [1.29, 1.82) is 0 Å². The first-order valence-corrected chi connectivity index (χ1v) is 7.07. The van der Waals surface area contributed by atoms with E-state index < -0.39 is 0 Å². The topological polar surface area (TPSA) is 35.2 Å². The van der Waals surface area contributed by atoms with Gasteiger partial charge in [-0.2, -0.15) is 0 Å². The highest BCUT2D eigenvalue weighted by atomic mass is 16.5. The summed E-state index contributed by atoms with van der Waals surface area (Å²) in [6.07, 6.45) is 7.65. The summed E-state index contributed by atoms with van der Waals surface area (Å²) in [7, 11) is 1.76. The van der Waals surface area contributed by atoms with E-state index in [0.29, 0.717) is 0 Å². The Balaban J connectivity index is 2.44. The fourth-order valence-electron chi connectivity index (χ4n) is 3.23. The molecule has 100 valence electrons. The van der Waals surface area contributed by atoms with Crippen molar-refractivity contribution in [2.45, 2.75) is 50.9 Å². The van der Waals surface area contributed by atoms with Crippen LogP contribution >= 0.6 is 0 Å². The van der Waals surface area contributed by atoms with E-state index in [0.717, 1.165) is 12.3 Å². The van der Waals surface area contributed by atoms with E-state index in [1.165, 1.54) is 49.7 Å². The van der Waals surface area contributed by atoms with Crippen LogP contribution in [-0.2, 0) is 5.41 Å². The summed E-state index contributed by atoms with van der Waals surface area (Å²) < 4.78 is 5.57. The number of rotatable bonds is 3. The summed E-state index contributed by atoms with van der Waals surface area (Å²) in [6.45, 7) is 2.87. The molecular formula is C16H25NO.